The van der Waals surface area contributed by atoms with Crippen LogP contribution in [0, 0.1) is 0 Å². The van der Waals surface area contributed by atoms with E-state index in [1.54, 1.807) is 4.90 Å². The van der Waals surface area contributed by atoms with Crippen LogP contribution >= 0.6 is 0 Å². The molecule has 1 unspecified atom stereocenters. The van der Waals surface area contributed by atoms with Crippen molar-refractivity contribution in [1.82, 2.24) is 10.2 Å². The molecular formula is C12H22N2O3. The SMILES string of the molecule is C=C(C)COCCCOC(C)N1CCNC1=O. The van der Waals surface area contributed by atoms with E-state index in [1.165, 1.54) is 0 Å². The summed E-state index contributed by atoms with van der Waals surface area (Å²) < 4.78 is 10.9. The third kappa shape index (κ3) is 5.19. The monoisotopic (exact) mass is 242 g/mol. The van der Waals surface area contributed by atoms with Gasteiger partial charge >= 0.3 is 6.03 Å². The molecular weight excluding hydrogens is 220 g/mol. The zero-order valence-electron chi connectivity index (χ0n) is 10.7. The molecule has 1 rings (SSSR count). The van der Waals surface area contributed by atoms with Gasteiger partial charge in [-0.1, -0.05) is 12.2 Å². The van der Waals surface area contributed by atoms with Crippen molar-refractivity contribution in [2.45, 2.75) is 26.5 Å². The third-order valence-corrected chi connectivity index (χ3v) is 2.47. The number of nitrogens with zero attached hydrogens (tertiary/aromatic N) is 1. The van der Waals surface area contributed by atoms with Gasteiger partial charge in [-0.25, -0.2) is 4.79 Å². The molecule has 1 aliphatic rings. The molecule has 1 aliphatic heterocycles. The van der Waals surface area contributed by atoms with E-state index in [9.17, 15) is 4.79 Å². The minimum atomic E-state index is -0.168. The number of hydrogen-bond donors (Lipinski definition) is 1. The van der Waals surface area contributed by atoms with E-state index in [0.29, 0.717) is 32.9 Å². The molecule has 1 atom stereocenters. The Bertz CT molecular complexity index is 268. The molecule has 2 amide bonds. The van der Waals surface area contributed by atoms with Gasteiger partial charge < -0.3 is 14.8 Å². The van der Waals surface area contributed by atoms with E-state index in [0.717, 1.165) is 12.0 Å². The Morgan fingerprint density at radius 2 is 2.35 bits per heavy atom. The number of rotatable bonds is 8. The smallest absolute Gasteiger partial charge is 0.319 e. The van der Waals surface area contributed by atoms with Crippen LogP contribution in [0.5, 0.6) is 0 Å². The predicted octanol–water partition coefficient (Wildman–Crippen LogP) is 1.36. The lowest BCUT2D eigenvalue weighted by Crippen LogP contribution is -2.38. The van der Waals surface area contributed by atoms with Crippen molar-refractivity contribution in [3.63, 3.8) is 0 Å². The van der Waals surface area contributed by atoms with Crippen molar-refractivity contribution >= 4 is 6.03 Å². The molecule has 1 saturated heterocycles. The lowest BCUT2D eigenvalue weighted by molar-refractivity contribution is -0.0244. The van der Waals surface area contributed by atoms with Crippen molar-refractivity contribution in [3.05, 3.63) is 12.2 Å². The van der Waals surface area contributed by atoms with Gasteiger partial charge in [0.05, 0.1) is 13.2 Å². The highest BCUT2D eigenvalue weighted by atomic mass is 16.5. The third-order valence-electron chi connectivity index (χ3n) is 2.47. The minimum absolute atomic E-state index is 0.0453. The molecule has 0 bridgehead atoms. The maximum atomic E-state index is 11.3. The Balaban J connectivity index is 2.02. The zero-order valence-corrected chi connectivity index (χ0v) is 10.7. The van der Waals surface area contributed by atoms with Crippen LogP contribution in [0.25, 0.3) is 0 Å². The first kappa shape index (κ1) is 14.0. The first-order valence-electron chi connectivity index (χ1n) is 5.99. The normalized spacial score (nSPS) is 17.1. The Morgan fingerprint density at radius 3 is 2.94 bits per heavy atom. The Labute approximate surface area is 103 Å². The summed E-state index contributed by atoms with van der Waals surface area (Å²) >= 11 is 0. The van der Waals surface area contributed by atoms with Crippen molar-refractivity contribution in [3.8, 4) is 0 Å². The number of carbonyl (C=O) groups is 1. The second-order valence-electron chi connectivity index (χ2n) is 4.26. The summed E-state index contributed by atoms with van der Waals surface area (Å²) in [6, 6.07) is -0.0453. The first-order chi connectivity index (χ1) is 8.11. The van der Waals surface area contributed by atoms with E-state index in [2.05, 4.69) is 11.9 Å². The molecule has 5 heteroatoms. The maximum Gasteiger partial charge on any atom is 0.319 e. The summed E-state index contributed by atoms with van der Waals surface area (Å²) in [5.41, 5.74) is 1.02. The second kappa shape index (κ2) is 7.29. The molecule has 1 N–H and O–H groups in total. The van der Waals surface area contributed by atoms with Crippen LogP contribution in [-0.2, 0) is 9.47 Å². The van der Waals surface area contributed by atoms with Crippen molar-refractivity contribution in [2.24, 2.45) is 0 Å². The van der Waals surface area contributed by atoms with Crippen molar-refractivity contribution < 1.29 is 14.3 Å². The summed E-state index contributed by atoms with van der Waals surface area (Å²) in [5, 5.41) is 2.75. The Morgan fingerprint density at radius 1 is 1.59 bits per heavy atom. The number of ether oxygens (including phenoxy) is 2. The quantitative estimate of drug-likeness (QED) is 0.516. The molecule has 0 aromatic rings. The van der Waals surface area contributed by atoms with Crippen LogP contribution in [0.3, 0.4) is 0 Å². The van der Waals surface area contributed by atoms with E-state index in [4.69, 9.17) is 9.47 Å². The molecule has 0 aromatic heterocycles. The fourth-order valence-corrected chi connectivity index (χ4v) is 1.58. The van der Waals surface area contributed by atoms with Crippen molar-refractivity contribution in [1.29, 1.82) is 0 Å². The number of hydrogen-bond acceptors (Lipinski definition) is 3. The summed E-state index contributed by atoms with van der Waals surface area (Å²) in [5.74, 6) is 0. The fourth-order valence-electron chi connectivity index (χ4n) is 1.58. The van der Waals surface area contributed by atoms with E-state index in [-0.39, 0.29) is 12.3 Å². The number of urea groups is 1. The standard InChI is InChI=1S/C12H22N2O3/c1-10(2)9-16-7-4-8-17-11(3)14-6-5-13-12(14)15/h11H,1,4-9H2,2-3H3,(H,13,15). The van der Waals surface area contributed by atoms with Gasteiger partial charge in [0.2, 0.25) is 0 Å². The van der Waals surface area contributed by atoms with Gasteiger partial charge in [0.15, 0.2) is 0 Å². The van der Waals surface area contributed by atoms with Gasteiger partial charge in [0.25, 0.3) is 0 Å². The summed E-state index contributed by atoms with van der Waals surface area (Å²) in [7, 11) is 0. The number of amides is 2. The van der Waals surface area contributed by atoms with Crippen LogP contribution in [0.1, 0.15) is 20.3 Å². The van der Waals surface area contributed by atoms with Gasteiger partial charge in [-0.3, -0.25) is 4.90 Å². The van der Waals surface area contributed by atoms with Gasteiger partial charge in [-0.15, -0.1) is 0 Å². The van der Waals surface area contributed by atoms with Gasteiger partial charge in [-0.2, -0.15) is 0 Å². The minimum Gasteiger partial charge on any atom is -0.377 e. The second-order valence-corrected chi connectivity index (χ2v) is 4.26. The topological polar surface area (TPSA) is 50.8 Å². The summed E-state index contributed by atoms with van der Waals surface area (Å²) in [6.07, 6.45) is 0.659. The lowest BCUT2D eigenvalue weighted by atomic mass is 10.4. The molecule has 0 aromatic carbocycles. The van der Waals surface area contributed by atoms with E-state index < -0.39 is 0 Å². The Kier molecular flexibility index (Phi) is 6.00. The van der Waals surface area contributed by atoms with Crippen LogP contribution in [0.15, 0.2) is 12.2 Å². The molecule has 0 radical (unpaired) electrons. The average molecular weight is 242 g/mol. The van der Waals surface area contributed by atoms with E-state index in [1.807, 2.05) is 13.8 Å². The fraction of sp³-hybridized carbons (Fsp3) is 0.750. The van der Waals surface area contributed by atoms with Gasteiger partial charge in [-0.05, 0) is 20.3 Å². The van der Waals surface area contributed by atoms with Crippen LogP contribution < -0.4 is 5.32 Å². The largest absolute Gasteiger partial charge is 0.377 e. The van der Waals surface area contributed by atoms with Crippen molar-refractivity contribution in [2.75, 3.05) is 32.9 Å². The van der Waals surface area contributed by atoms with Crippen LogP contribution in [0.2, 0.25) is 0 Å². The highest BCUT2D eigenvalue weighted by molar-refractivity contribution is 5.76. The molecule has 98 valence electrons. The molecule has 1 fully saturated rings. The summed E-state index contributed by atoms with van der Waals surface area (Å²) in [6.45, 7) is 10.9. The highest BCUT2D eigenvalue weighted by Crippen LogP contribution is 2.05. The molecule has 5 nitrogen and oxygen atoms in total. The Hall–Kier alpha value is -1.07. The molecule has 0 saturated carbocycles. The zero-order chi connectivity index (χ0) is 12.7. The van der Waals surface area contributed by atoms with Gasteiger partial charge in [0.1, 0.15) is 6.23 Å². The van der Waals surface area contributed by atoms with Crippen LogP contribution in [0.4, 0.5) is 4.79 Å². The maximum absolute atomic E-state index is 11.3. The molecule has 17 heavy (non-hydrogen) atoms. The lowest BCUT2D eigenvalue weighted by Gasteiger charge is -2.23. The number of carbonyl (C=O) groups excluding carboxylic acids is 1. The molecule has 0 aliphatic carbocycles. The highest BCUT2D eigenvalue weighted by Gasteiger charge is 2.24. The first-order valence-corrected chi connectivity index (χ1v) is 5.99. The predicted molar refractivity (Wildman–Crippen MR) is 65.8 cm³/mol. The van der Waals surface area contributed by atoms with E-state index >= 15 is 0 Å². The summed E-state index contributed by atoms with van der Waals surface area (Å²) in [4.78, 5) is 13.0. The van der Waals surface area contributed by atoms with Crippen LogP contribution in [-0.4, -0.2) is 50.1 Å². The molecule has 1 heterocycles. The number of nitrogens with one attached hydrogen (secondary N) is 1. The van der Waals surface area contributed by atoms with Gasteiger partial charge in [0, 0.05) is 19.7 Å². The molecule has 0 spiro atoms. The average Bonchev–Trinajstić information content (AvgIpc) is 2.69.